The second kappa shape index (κ2) is 6.56. The van der Waals surface area contributed by atoms with Gasteiger partial charge < -0.3 is 15.4 Å². The number of aromatic amines is 1. The van der Waals surface area contributed by atoms with Crippen molar-refractivity contribution in [3.63, 3.8) is 0 Å². The van der Waals surface area contributed by atoms with E-state index in [9.17, 15) is 0 Å². The first-order valence-electron chi connectivity index (χ1n) is 7.75. The molecular weight excluding hydrogens is 264 g/mol. The van der Waals surface area contributed by atoms with E-state index in [2.05, 4.69) is 26.3 Å². The fourth-order valence-electron chi connectivity index (χ4n) is 3.23. The molecular formula is C16H24N4O. The van der Waals surface area contributed by atoms with E-state index in [0.717, 1.165) is 25.3 Å². The number of aromatic nitrogens is 2. The van der Waals surface area contributed by atoms with Crippen molar-refractivity contribution in [3.05, 3.63) is 29.6 Å². The summed E-state index contributed by atoms with van der Waals surface area (Å²) >= 11 is 0. The number of H-pyrrole nitrogens is 1. The van der Waals surface area contributed by atoms with E-state index in [1.54, 1.807) is 0 Å². The van der Waals surface area contributed by atoms with Crippen molar-refractivity contribution in [1.82, 2.24) is 20.2 Å². The molecule has 0 aliphatic carbocycles. The fraction of sp³-hybridized carbons (Fsp3) is 0.562. The monoisotopic (exact) mass is 288 g/mol. The highest BCUT2D eigenvalue weighted by atomic mass is 16.3. The standard InChI is InChI=1S/C16H24N4O/c1-20(8-9-21)11-14-13-5-3-7-18-16(13)19-15(14)12-4-2-6-17-10-12/h3,5,7,12,17,21H,2,4,6,8-11H2,1H3,(H,18,19)/t12-/m0/s1. The number of pyridine rings is 1. The summed E-state index contributed by atoms with van der Waals surface area (Å²) in [7, 11) is 2.05. The Balaban J connectivity index is 1.96. The summed E-state index contributed by atoms with van der Waals surface area (Å²) in [5.74, 6) is 0.533. The number of nitrogens with one attached hydrogen (secondary N) is 2. The Labute approximate surface area is 125 Å². The molecule has 5 nitrogen and oxygen atoms in total. The van der Waals surface area contributed by atoms with Gasteiger partial charge in [0.05, 0.1) is 6.61 Å². The van der Waals surface area contributed by atoms with E-state index in [1.165, 1.54) is 29.5 Å². The summed E-state index contributed by atoms with van der Waals surface area (Å²) in [4.78, 5) is 10.2. The first-order chi connectivity index (χ1) is 10.3. The number of rotatable bonds is 5. The van der Waals surface area contributed by atoms with Crippen LogP contribution in [0.25, 0.3) is 11.0 Å². The second-order valence-electron chi connectivity index (χ2n) is 5.92. The van der Waals surface area contributed by atoms with Crippen molar-refractivity contribution in [3.8, 4) is 0 Å². The normalized spacial score (nSPS) is 19.5. The van der Waals surface area contributed by atoms with Crippen molar-refractivity contribution in [2.45, 2.75) is 25.3 Å². The van der Waals surface area contributed by atoms with Crippen molar-refractivity contribution in [2.24, 2.45) is 0 Å². The Hall–Kier alpha value is -1.43. The van der Waals surface area contributed by atoms with Crippen LogP contribution in [0.15, 0.2) is 18.3 Å². The molecule has 3 heterocycles. The number of hydrogen-bond donors (Lipinski definition) is 3. The molecule has 0 aromatic carbocycles. The van der Waals surface area contributed by atoms with Gasteiger partial charge in [-0.15, -0.1) is 0 Å². The lowest BCUT2D eigenvalue weighted by Gasteiger charge is -2.24. The smallest absolute Gasteiger partial charge is 0.137 e. The van der Waals surface area contributed by atoms with Gasteiger partial charge in [0.25, 0.3) is 0 Å². The van der Waals surface area contributed by atoms with Gasteiger partial charge in [-0.05, 0) is 44.1 Å². The number of fused-ring (bicyclic) bond motifs is 1. The fourth-order valence-corrected chi connectivity index (χ4v) is 3.23. The molecule has 1 saturated heterocycles. The van der Waals surface area contributed by atoms with Crippen LogP contribution in [-0.2, 0) is 6.54 Å². The molecule has 21 heavy (non-hydrogen) atoms. The van der Waals surface area contributed by atoms with Crippen LogP contribution in [-0.4, -0.2) is 53.3 Å². The van der Waals surface area contributed by atoms with Gasteiger partial charge >= 0.3 is 0 Å². The highest BCUT2D eigenvalue weighted by Gasteiger charge is 2.22. The molecule has 1 fully saturated rings. The van der Waals surface area contributed by atoms with Crippen LogP contribution >= 0.6 is 0 Å². The van der Waals surface area contributed by atoms with E-state index < -0.39 is 0 Å². The van der Waals surface area contributed by atoms with Crippen molar-refractivity contribution in [1.29, 1.82) is 0 Å². The Kier molecular flexibility index (Phi) is 4.53. The third-order valence-corrected chi connectivity index (χ3v) is 4.33. The number of piperidine rings is 1. The molecule has 1 aliphatic heterocycles. The van der Waals surface area contributed by atoms with Crippen molar-refractivity contribution >= 4 is 11.0 Å². The first kappa shape index (κ1) is 14.5. The van der Waals surface area contributed by atoms with E-state index in [4.69, 9.17) is 5.11 Å². The summed E-state index contributed by atoms with van der Waals surface area (Å²) in [6.07, 6.45) is 4.28. The molecule has 114 valence electrons. The molecule has 3 N–H and O–H groups in total. The number of aliphatic hydroxyl groups excluding tert-OH is 1. The molecule has 0 bridgehead atoms. The number of hydrogen-bond acceptors (Lipinski definition) is 4. The van der Waals surface area contributed by atoms with Crippen LogP contribution in [0.4, 0.5) is 0 Å². The van der Waals surface area contributed by atoms with Gasteiger partial charge in [0, 0.05) is 42.8 Å². The molecule has 5 heteroatoms. The van der Waals surface area contributed by atoms with Gasteiger partial charge in [-0.2, -0.15) is 0 Å². The molecule has 0 radical (unpaired) electrons. The predicted octanol–water partition coefficient (Wildman–Crippen LogP) is 1.45. The lowest BCUT2D eigenvalue weighted by molar-refractivity contribution is 0.217. The van der Waals surface area contributed by atoms with Gasteiger partial charge in [-0.1, -0.05) is 0 Å². The number of likely N-dealkylation sites (N-methyl/N-ethyl adjacent to an activating group) is 1. The molecule has 2 aromatic rings. The van der Waals surface area contributed by atoms with E-state index in [0.29, 0.717) is 12.5 Å². The molecule has 0 spiro atoms. The molecule has 1 aliphatic rings. The summed E-state index contributed by atoms with van der Waals surface area (Å²) < 4.78 is 0. The van der Waals surface area contributed by atoms with Crippen LogP contribution in [0.5, 0.6) is 0 Å². The van der Waals surface area contributed by atoms with Gasteiger partial charge in [0.2, 0.25) is 0 Å². The molecule has 0 amide bonds. The number of aliphatic hydroxyl groups is 1. The highest BCUT2D eigenvalue weighted by molar-refractivity contribution is 5.81. The van der Waals surface area contributed by atoms with Crippen LogP contribution in [0.3, 0.4) is 0 Å². The Morgan fingerprint density at radius 3 is 3.14 bits per heavy atom. The SMILES string of the molecule is CN(CCO)Cc1c([C@H]2CCCNC2)[nH]c2ncccc12. The Morgan fingerprint density at radius 2 is 2.38 bits per heavy atom. The summed E-state index contributed by atoms with van der Waals surface area (Å²) in [5.41, 5.74) is 3.63. The van der Waals surface area contributed by atoms with Crippen LogP contribution in [0.1, 0.15) is 30.0 Å². The maximum absolute atomic E-state index is 9.12. The third kappa shape index (κ3) is 3.10. The third-order valence-electron chi connectivity index (χ3n) is 4.33. The minimum absolute atomic E-state index is 0.192. The highest BCUT2D eigenvalue weighted by Crippen LogP contribution is 2.31. The topological polar surface area (TPSA) is 64.2 Å². The van der Waals surface area contributed by atoms with E-state index in [1.807, 2.05) is 19.3 Å². The average molecular weight is 288 g/mol. The molecule has 1 atom stereocenters. The summed E-state index contributed by atoms with van der Waals surface area (Å²) in [5, 5.41) is 13.8. The molecule has 0 saturated carbocycles. The van der Waals surface area contributed by atoms with E-state index in [-0.39, 0.29) is 6.61 Å². The molecule has 0 unspecified atom stereocenters. The maximum Gasteiger partial charge on any atom is 0.137 e. The van der Waals surface area contributed by atoms with Crippen LogP contribution in [0.2, 0.25) is 0 Å². The Bertz CT molecular complexity index is 589. The maximum atomic E-state index is 9.12. The van der Waals surface area contributed by atoms with Gasteiger partial charge in [-0.3, -0.25) is 4.90 Å². The predicted molar refractivity (Wildman–Crippen MR) is 84.4 cm³/mol. The average Bonchev–Trinajstić information content (AvgIpc) is 2.87. The lowest BCUT2D eigenvalue weighted by Crippen LogP contribution is -2.29. The van der Waals surface area contributed by atoms with Crippen LogP contribution in [0, 0.1) is 0 Å². The van der Waals surface area contributed by atoms with Gasteiger partial charge in [-0.25, -0.2) is 4.98 Å². The zero-order valence-electron chi connectivity index (χ0n) is 12.6. The number of nitrogens with zero attached hydrogens (tertiary/aromatic N) is 2. The zero-order chi connectivity index (χ0) is 14.7. The minimum atomic E-state index is 0.192. The summed E-state index contributed by atoms with van der Waals surface area (Å²) in [6, 6.07) is 4.13. The minimum Gasteiger partial charge on any atom is -0.395 e. The zero-order valence-corrected chi connectivity index (χ0v) is 12.6. The first-order valence-corrected chi connectivity index (χ1v) is 7.75. The van der Waals surface area contributed by atoms with Gasteiger partial charge in [0.15, 0.2) is 0 Å². The quantitative estimate of drug-likeness (QED) is 0.779. The van der Waals surface area contributed by atoms with Gasteiger partial charge in [0.1, 0.15) is 5.65 Å². The lowest BCUT2D eigenvalue weighted by atomic mass is 9.93. The van der Waals surface area contributed by atoms with Crippen molar-refractivity contribution in [2.75, 3.05) is 33.3 Å². The van der Waals surface area contributed by atoms with E-state index >= 15 is 0 Å². The molecule has 2 aromatic heterocycles. The van der Waals surface area contributed by atoms with Crippen LogP contribution < -0.4 is 5.32 Å². The summed E-state index contributed by atoms with van der Waals surface area (Å²) in [6.45, 7) is 3.88. The Morgan fingerprint density at radius 1 is 1.48 bits per heavy atom. The second-order valence-corrected chi connectivity index (χ2v) is 5.92. The largest absolute Gasteiger partial charge is 0.395 e. The molecule has 3 rings (SSSR count). The van der Waals surface area contributed by atoms with Crippen molar-refractivity contribution < 1.29 is 5.11 Å².